The van der Waals surface area contributed by atoms with Crippen LogP contribution in [0.2, 0.25) is 5.02 Å². The van der Waals surface area contributed by atoms with Gasteiger partial charge in [0, 0.05) is 16.4 Å². The first-order valence-corrected chi connectivity index (χ1v) is 9.40. The Balaban J connectivity index is 1.93. The van der Waals surface area contributed by atoms with Gasteiger partial charge in [0.05, 0.1) is 36.3 Å². The van der Waals surface area contributed by atoms with Crippen molar-refractivity contribution in [2.45, 2.75) is 26.4 Å². The molecule has 0 amide bonds. The number of nitrogens with zero attached hydrogens (tertiary/aromatic N) is 2. The molecule has 0 aromatic heterocycles. The fourth-order valence-corrected chi connectivity index (χ4v) is 3.47. The molecule has 2 aromatic carbocycles. The smallest absolute Gasteiger partial charge is 0.161 e. The van der Waals surface area contributed by atoms with Gasteiger partial charge in [0.2, 0.25) is 0 Å². The highest BCUT2D eigenvalue weighted by atomic mass is 35.5. The zero-order valence-electron chi connectivity index (χ0n) is 16.4. The third-order valence-electron chi connectivity index (χ3n) is 4.83. The van der Waals surface area contributed by atoms with E-state index in [1.54, 1.807) is 13.2 Å². The van der Waals surface area contributed by atoms with E-state index in [1.807, 2.05) is 50.2 Å². The quantitative estimate of drug-likeness (QED) is 0.738. The summed E-state index contributed by atoms with van der Waals surface area (Å²) in [5.41, 5.74) is 4.31. The molecule has 1 aliphatic rings. The number of rotatable bonds is 5. The lowest BCUT2D eigenvalue weighted by atomic mass is 9.81. The minimum absolute atomic E-state index is 0.366. The van der Waals surface area contributed by atoms with Crippen LogP contribution in [0.5, 0.6) is 11.5 Å². The van der Waals surface area contributed by atoms with Crippen molar-refractivity contribution in [1.82, 2.24) is 5.32 Å². The van der Waals surface area contributed by atoms with Crippen molar-refractivity contribution in [1.29, 1.82) is 10.5 Å². The lowest BCUT2D eigenvalue weighted by molar-refractivity contribution is 0.284. The van der Waals surface area contributed by atoms with Gasteiger partial charge in [0.15, 0.2) is 11.5 Å². The van der Waals surface area contributed by atoms with E-state index >= 15 is 0 Å². The minimum atomic E-state index is -0.439. The second-order valence-electron chi connectivity index (χ2n) is 6.68. The van der Waals surface area contributed by atoms with Crippen LogP contribution in [0.4, 0.5) is 0 Å². The second-order valence-corrected chi connectivity index (χ2v) is 7.12. The van der Waals surface area contributed by atoms with E-state index in [9.17, 15) is 10.5 Å². The van der Waals surface area contributed by atoms with Gasteiger partial charge in [0.25, 0.3) is 0 Å². The average Bonchev–Trinajstić information content (AvgIpc) is 2.72. The number of dihydropyridines is 1. The second kappa shape index (κ2) is 8.73. The van der Waals surface area contributed by atoms with Gasteiger partial charge < -0.3 is 14.8 Å². The molecule has 0 radical (unpaired) electrons. The summed E-state index contributed by atoms with van der Waals surface area (Å²) in [4.78, 5) is 0. The van der Waals surface area contributed by atoms with Gasteiger partial charge in [-0.25, -0.2) is 0 Å². The molecular weight excluding hydrogens is 386 g/mol. The molecule has 0 atom stereocenters. The summed E-state index contributed by atoms with van der Waals surface area (Å²) in [6.07, 6.45) is 0. The minimum Gasteiger partial charge on any atom is -0.493 e. The Morgan fingerprint density at radius 2 is 1.59 bits per heavy atom. The maximum absolute atomic E-state index is 9.66. The molecule has 1 heterocycles. The average molecular weight is 406 g/mol. The van der Waals surface area contributed by atoms with Crippen LogP contribution < -0.4 is 14.8 Å². The molecule has 0 saturated heterocycles. The van der Waals surface area contributed by atoms with Crippen LogP contribution in [0.15, 0.2) is 65.0 Å². The molecule has 0 spiro atoms. The fraction of sp³-hybridized carbons (Fsp3) is 0.217. The molecular formula is C23H20ClN3O2. The molecule has 29 heavy (non-hydrogen) atoms. The number of allylic oxidation sites excluding steroid dienone is 4. The van der Waals surface area contributed by atoms with E-state index in [2.05, 4.69) is 17.5 Å². The van der Waals surface area contributed by atoms with Gasteiger partial charge in [-0.3, -0.25) is 0 Å². The van der Waals surface area contributed by atoms with Gasteiger partial charge in [-0.05, 0) is 49.2 Å². The molecule has 0 unspecified atom stereocenters. The van der Waals surface area contributed by atoms with E-state index in [0.29, 0.717) is 34.3 Å². The first-order chi connectivity index (χ1) is 14.0. The molecule has 0 aliphatic carbocycles. The third kappa shape index (κ3) is 4.21. The van der Waals surface area contributed by atoms with Gasteiger partial charge in [0.1, 0.15) is 6.61 Å². The van der Waals surface area contributed by atoms with E-state index in [-0.39, 0.29) is 0 Å². The Hall–Kier alpha value is -3.41. The normalized spacial score (nSPS) is 14.1. The number of methoxy groups -OCH3 is 1. The van der Waals surface area contributed by atoms with Crippen molar-refractivity contribution in [3.05, 3.63) is 81.2 Å². The van der Waals surface area contributed by atoms with Crippen molar-refractivity contribution in [2.75, 3.05) is 7.11 Å². The number of halogens is 1. The van der Waals surface area contributed by atoms with Crippen LogP contribution in [0.3, 0.4) is 0 Å². The molecule has 0 saturated carbocycles. The first kappa shape index (κ1) is 20.3. The number of hydrogen-bond donors (Lipinski definition) is 1. The highest BCUT2D eigenvalue weighted by Gasteiger charge is 2.30. The molecule has 1 N–H and O–H groups in total. The van der Waals surface area contributed by atoms with Crippen molar-refractivity contribution in [2.24, 2.45) is 0 Å². The molecule has 0 bridgehead atoms. The van der Waals surface area contributed by atoms with Gasteiger partial charge in [-0.2, -0.15) is 10.5 Å². The van der Waals surface area contributed by atoms with E-state index in [4.69, 9.17) is 21.1 Å². The predicted molar refractivity (Wildman–Crippen MR) is 111 cm³/mol. The zero-order valence-corrected chi connectivity index (χ0v) is 17.2. The molecule has 0 fully saturated rings. The fourth-order valence-electron chi connectivity index (χ4n) is 3.35. The van der Waals surface area contributed by atoms with Gasteiger partial charge in [-0.1, -0.05) is 29.8 Å². The maximum atomic E-state index is 9.66. The summed E-state index contributed by atoms with van der Waals surface area (Å²) in [5, 5.41) is 23.1. The van der Waals surface area contributed by atoms with Crippen LogP contribution in [0, 0.1) is 22.7 Å². The molecule has 2 aromatic rings. The SMILES string of the molecule is COc1cc(C2C(C#N)=C(C)NC(C)=C2C#N)ccc1OCc1ccc(Cl)cc1. The van der Waals surface area contributed by atoms with Crippen molar-refractivity contribution >= 4 is 11.6 Å². The predicted octanol–water partition coefficient (Wildman–Crippen LogP) is 5.21. The Bertz CT molecular complexity index is 1040. The maximum Gasteiger partial charge on any atom is 0.161 e. The van der Waals surface area contributed by atoms with Crippen molar-refractivity contribution in [3.8, 4) is 23.6 Å². The van der Waals surface area contributed by atoms with E-state index < -0.39 is 5.92 Å². The molecule has 3 rings (SSSR count). The van der Waals surface area contributed by atoms with E-state index in [0.717, 1.165) is 22.5 Å². The van der Waals surface area contributed by atoms with Crippen LogP contribution in [-0.2, 0) is 6.61 Å². The molecule has 5 nitrogen and oxygen atoms in total. The summed E-state index contributed by atoms with van der Waals surface area (Å²) in [7, 11) is 1.56. The molecule has 1 aliphatic heterocycles. The summed E-state index contributed by atoms with van der Waals surface area (Å²) in [6, 6.07) is 17.4. The standard InChI is InChI=1S/C23H20ClN3O2/c1-14-19(11-25)23(20(12-26)15(2)27-14)17-6-9-21(22(10-17)28-3)29-13-16-4-7-18(24)8-5-16/h4-10,23,27H,13H2,1-3H3. The number of nitriles is 2. The zero-order chi connectivity index (χ0) is 21.0. The number of nitrogens with one attached hydrogen (secondary N) is 1. The van der Waals surface area contributed by atoms with Crippen LogP contribution in [0.1, 0.15) is 30.9 Å². The number of ether oxygens (including phenoxy) is 2. The van der Waals surface area contributed by atoms with Gasteiger partial charge >= 0.3 is 0 Å². The summed E-state index contributed by atoms with van der Waals surface area (Å²) >= 11 is 5.92. The van der Waals surface area contributed by atoms with Gasteiger partial charge in [-0.15, -0.1) is 0 Å². The number of hydrogen-bond acceptors (Lipinski definition) is 5. The van der Waals surface area contributed by atoms with Crippen LogP contribution in [-0.4, -0.2) is 7.11 Å². The highest BCUT2D eigenvalue weighted by Crippen LogP contribution is 2.40. The summed E-state index contributed by atoms with van der Waals surface area (Å²) in [6.45, 7) is 4.04. The summed E-state index contributed by atoms with van der Waals surface area (Å²) < 4.78 is 11.4. The number of benzene rings is 2. The van der Waals surface area contributed by atoms with E-state index in [1.165, 1.54) is 0 Å². The summed E-state index contributed by atoms with van der Waals surface area (Å²) in [5.74, 6) is 0.684. The topological polar surface area (TPSA) is 78.1 Å². The first-order valence-electron chi connectivity index (χ1n) is 9.02. The van der Waals surface area contributed by atoms with Crippen molar-refractivity contribution < 1.29 is 9.47 Å². The van der Waals surface area contributed by atoms with Crippen molar-refractivity contribution in [3.63, 3.8) is 0 Å². The molecule has 146 valence electrons. The van der Waals surface area contributed by atoms with Crippen LogP contribution in [0.25, 0.3) is 0 Å². The Labute approximate surface area is 175 Å². The Kier molecular flexibility index (Phi) is 6.12. The monoisotopic (exact) mass is 405 g/mol. The lowest BCUT2D eigenvalue weighted by Gasteiger charge is -2.26. The Morgan fingerprint density at radius 3 is 2.14 bits per heavy atom. The third-order valence-corrected chi connectivity index (χ3v) is 5.08. The van der Waals surface area contributed by atoms with Crippen LogP contribution >= 0.6 is 11.6 Å². The Morgan fingerprint density at radius 1 is 0.966 bits per heavy atom. The lowest BCUT2D eigenvalue weighted by Crippen LogP contribution is -2.23. The molecule has 6 heteroatoms. The highest BCUT2D eigenvalue weighted by molar-refractivity contribution is 6.30. The largest absolute Gasteiger partial charge is 0.493 e.